The summed E-state index contributed by atoms with van der Waals surface area (Å²) in [6.07, 6.45) is 5.13. The molecule has 1 unspecified atom stereocenters. The minimum absolute atomic E-state index is 0.119. The van der Waals surface area contributed by atoms with Crippen LogP contribution in [0.1, 0.15) is 5.56 Å². The number of hydrogen-bond donors (Lipinski definition) is 1. The summed E-state index contributed by atoms with van der Waals surface area (Å²) in [5.74, 6) is 0. The van der Waals surface area contributed by atoms with Gasteiger partial charge in [-0.25, -0.2) is 4.79 Å². The summed E-state index contributed by atoms with van der Waals surface area (Å²) >= 11 is -1.43. The molecular weight excluding hydrogens is 456 g/mol. The van der Waals surface area contributed by atoms with Gasteiger partial charge in [-0.15, -0.1) is 0 Å². The number of fused-ring (bicyclic) bond motifs is 2. The Morgan fingerprint density at radius 2 is 1.97 bits per heavy atom. The number of amides is 1. The van der Waals surface area contributed by atoms with Crippen molar-refractivity contribution in [3.63, 3.8) is 0 Å². The van der Waals surface area contributed by atoms with Gasteiger partial charge in [0, 0.05) is 42.0 Å². The maximum Gasteiger partial charge on any atom is 0.411 e. The van der Waals surface area contributed by atoms with Gasteiger partial charge in [0.1, 0.15) is 11.9 Å². The smallest absolute Gasteiger partial charge is 0.411 e. The van der Waals surface area contributed by atoms with Crippen molar-refractivity contribution in [3.8, 4) is 5.69 Å². The first-order valence-corrected chi connectivity index (χ1v) is 12.0. The van der Waals surface area contributed by atoms with Gasteiger partial charge in [0.05, 0.1) is 23.3 Å². The fraction of sp³-hybridized carbons (Fsp3) is 0.174. The van der Waals surface area contributed by atoms with Gasteiger partial charge in [0.2, 0.25) is 0 Å². The number of pyridine rings is 2. The highest BCUT2D eigenvalue weighted by Gasteiger charge is 2.31. The normalized spacial score (nSPS) is 14.2. The van der Waals surface area contributed by atoms with Crippen LogP contribution in [-0.4, -0.2) is 54.6 Å². The Hall–Kier alpha value is -3.96. The molecule has 1 atom stereocenters. The first kappa shape index (κ1) is 21.9. The Bertz CT molecular complexity index is 1470. The molecular formula is C23H20N6O4S. The van der Waals surface area contributed by atoms with Crippen molar-refractivity contribution >= 4 is 45.4 Å². The van der Waals surface area contributed by atoms with Crippen LogP contribution in [0.5, 0.6) is 0 Å². The van der Waals surface area contributed by atoms with Gasteiger partial charge in [0.15, 0.2) is 5.65 Å². The predicted molar refractivity (Wildman–Crippen MR) is 129 cm³/mol. The van der Waals surface area contributed by atoms with Crippen molar-refractivity contribution in [2.45, 2.75) is 12.1 Å². The Balaban J connectivity index is 1.79. The van der Waals surface area contributed by atoms with E-state index in [1.54, 1.807) is 42.9 Å². The van der Waals surface area contributed by atoms with Gasteiger partial charge in [-0.3, -0.25) is 19.2 Å². The number of rotatable bonds is 3. The second-order valence-electron chi connectivity index (χ2n) is 7.80. The Kier molecular flexibility index (Phi) is 5.42. The highest BCUT2D eigenvalue weighted by atomic mass is 32.2. The number of hydrogen-bond acceptors (Lipinski definition) is 7. The number of nitrogens with zero attached hydrogens (tertiary/aromatic N) is 6. The number of aryl methyl sites for hydroxylation is 1. The molecule has 0 fully saturated rings. The van der Waals surface area contributed by atoms with E-state index in [2.05, 4.69) is 15.0 Å². The predicted octanol–water partition coefficient (Wildman–Crippen LogP) is 2.86. The molecule has 0 spiro atoms. The van der Waals surface area contributed by atoms with E-state index in [1.165, 1.54) is 15.7 Å². The van der Waals surface area contributed by atoms with Crippen LogP contribution in [0.2, 0.25) is 0 Å². The van der Waals surface area contributed by atoms with Gasteiger partial charge < -0.3 is 14.6 Å². The molecule has 1 aliphatic heterocycles. The average Bonchev–Trinajstić information content (AvgIpc) is 2.83. The Morgan fingerprint density at radius 3 is 2.68 bits per heavy atom. The zero-order valence-corrected chi connectivity index (χ0v) is 19.2. The van der Waals surface area contributed by atoms with Crippen LogP contribution in [0.15, 0.2) is 64.9 Å². The van der Waals surface area contributed by atoms with Crippen molar-refractivity contribution in [3.05, 3.63) is 70.9 Å². The first-order valence-electron chi connectivity index (χ1n) is 10.4. The zero-order valence-electron chi connectivity index (χ0n) is 18.4. The van der Waals surface area contributed by atoms with E-state index in [0.717, 1.165) is 5.56 Å². The molecule has 0 saturated heterocycles. The SMILES string of the molecule is Cc1cccc2c1N(C(=O)O)CCN2c1cc2cnc([S+](C)[O-])nc2n(-c2cccnc2)c1=O. The molecule has 1 aliphatic rings. The summed E-state index contributed by atoms with van der Waals surface area (Å²) in [5, 5.41) is 10.4. The van der Waals surface area contributed by atoms with E-state index in [4.69, 9.17) is 0 Å². The summed E-state index contributed by atoms with van der Waals surface area (Å²) in [6.45, 7) is 2.32. The molecule has 1 N–H and O–H groups in total. The largest absolute Gasteiger partial charge is 0.609 e. The summed E-state index contributed by atoms with van der Waals surface area (Å²) in [4.78, 5) is 41.6. The lowest BCUT2D eigenvalue weighted by atomic mass is 10.1. The van der Waals surface area contributed by atoms with Gasteiger partial charge in [0.25, 0.3) is 5.56 Å². The Morgan fingerprint density at radius 1 is 1.15 bits per heavy atom. The third-order valence-corrected chi connectivity index (χ3v) is 6.42. The van der Waals surface area contributed by atoms with Gasteiger partial charge in [-0.1, -0.05) is 12.1 Å². The maximum atomic E-state index is 13.9. The van der Waals surface area contributed by atoms with Crippen molar-refractivity contribution in [1.29, 1.82) is 0 Å². The lowest BCUT2D eigenvalue weighted by Crippen LogP contribution is -2.43. The minimum Gasteiger partial charge on any atom is -0.609 e. The van der Waals surface area contributed by atoms with Crippen molar-refractivity contribution in [2.24, 2.45) is 0 Å². The van der Waals surface area contributed by atoms with E-state index in [9.17, 15) is 19.2 Å². The van der Waals surface area contributed by atoms with E-state index in [0.29, 0.717) is 33.8 Å². The Labute approximate surface area is 197 Å². The van der Waals surface area contributed by atoms with Crippen LogP contribution in [0, 0.1) is 6.92 Å². The summed E-state index contributed by atoms with van der Waals surface area (Å²) in [5.41, 5.74) is 2.76. The lowest BCUT2D eigenvalue weighted by molar-refractivity contribution is 0.201. The van der Waals surface area contributed by atoms with E-state index in [-0.39, 0.29) is 23.8 Å². The van der Waals surface area contributed by atoms with Gasteiger partial charge in [-0.2, -0.15) is 9.97 Å². The number of para-hydroxylation sites is 1. The van der Waals surface area contributed by atoms with Gasteiger partial charge in [-0.05, 0) is 36.8 Å². The van der Waals surface area contributed by atoms with E-state index < -0.39 is 17.3 Å². The van der Waals surface area contributed by atoms with Crippen molar-refractivity contribution in [2.75, 3.05) is 29.1 Å². The molecule has 1 aromatic carbocycles. The van der Waals surface area contributed by atoms with Crippen LogP contribution in [0.3, 0.4) is 0 Å². The fourth-order valence-electron chi connectivity index (χ4n) is 4.21. The van der Waals surface area contributed by atoms with Crippen LogP contribution in [0.25, 0.3) is 16.7 Å². The molecule has 172 valence electrons. The molecule has 0 bridgehead atoms. The highest BCUT2D eigenvalue weighted by molar-refractivity contribution is 7.90. The molecule has 4 heterocycles. The number of carbonyl (C=O) groups is 1. The second kappa shape index (κ2) is 8.43. The maximum absolute atomic E-state index is 13.9. The minimum atomic E-state index is -1.43. The molecule has 0 saturated carbocycles. The van der Waals surface area contributed by atoms with Crippen LogP contribution >= 0.6 is 0 Å². The third-order valence-electron chi connectivity index (χ3n) is 5.71. The summed E-state index contributed by atoms with van der Waals surface area (Å²) in [7, 11) is 0. The van der Waals surface area contributed by atoms with E-state index >= 15 is 0 Å². The van der Waals surface area contributed by atoms with Crippen molar-refractivity contribution < 1.29 is 14.5 Å². The first-order chi connectivity index (χ1) is 16.4. The summed E-state index contributed by atoms with van der Waals surface area (Å²) < 4.78 is 13.4. The van der Waals surface area contributed by atoms with Crippen LogP contribution in [0.4, 0.5) is 21.9 Å². The van der Waals surface area contributed by atoms with E-state index in [1.807, 2.05) is 24.0 Å². The number of benzene rings is 1. The molecule has 5 rings (SSSR count). The molecule has 4 aromatic rings. The number of aromatic nitrogens is 4. The lowest BCUT2D eigenvalue weighted by Gasteiger charge is -2.37. The number of anilines is 3. The quantitative estimate of drug-likeness (QED) is 0.353. The molecule has 10 nitrogen and oxygen atoms in total. The van der Waals surface area contributed by atoms with Crippen molar-refractivity contribution in [1.82, 2.24) is 19.5 Å². The fourth-order valence-corrected chi connectivity index (χ4v) is 4.63. The molecule has 0 aliphatic carbocycles. The monoisotopic (exact) mass is 476 g/mol. The van der Waals surface area contributed by atoms with Crippen LogP contribution in [-0.2, 0) is 11.2 Å². The standard InChI is InChI=1S/C23H20N6O4S/c1-14-5-3-7-17-19(14)28(23(31)32)10-9-27(17)18-11-15-12-25-22(34(2)33)26-20(15)29(21(18)30)16-6-4-8-24-13-16/h3-8,11-13H,9-10H2,1-2H3,(H,31,32). The molecule has 11 heteroatoms. The molecule has 0 radical (unpaired) electrons. The summed E-state index contributed by atoms with van der Waals surface area (Å²) in [6, 6.07) is 10.6. The topological polar surface area (TPSA) is 128 Å². The zero-order chi connectivity index (χ0) is 24.0. The average molecular weight is 477 g/mol. The third kappa shape index (κ3) is 3.55. The molecule has 3 aromatic heterocycles. The second-order valence-corrected chi connectivity index (χ2v) is 9.07. The molecule has 1 amide bonds. The molecule has 34 heavy (non-hydrogen) atoms. The van der Waals surface area contributed by atoms with Gasteiger partial charge >= 0.3 is 11.2 Å². The highest BCUT2D eigenvalue weighted by Crippen LogP contribution is 2.39. The number of carboxylic acid groups (broad SMARTS) is 1. The van der Waals surface area contributed by atoms with Crippen LogP contribution < -0.4 is 15.4 Å².